The maximum atomic E-state index is 12.2. The quantitative estimate of drug-likeness (QED) is 0.540. The molecule has 2 heterocycles. The number of benzene rings is 1. The summed E-state index contributed by atoms with van der Waals surface area (Å²) < 4.78 is 15.8. The van der Waals surface area contributed by atoms with Crippen molar-refractivity contribution in [3.8, 4) is 5.75 Å². The van der Waals surface area contributed by atoms with Crippen molar-refractivity contribution in [2.24, 2.45) is 0 Å². The highest BCUT2D eigenvalue weighted by Gasteiger charge is 2.22. The van der Waals surface area contributed by atoms with Crippen LogP contribution in [0.15, 0.2) is 24.3 Å². The van der Waals surface area contributed by atoms with E-state index in [0.29, 0.717) is 31.4 Å². The van der Waals surface area contributed by atoms with Gasteiger partial charge in [-0.25, -0.2) is 19.6 Å². The number of aromatic nitrogens is 2. The summed E-state index contributed by atoms with van der Waals surface area (Å²) in [6.45, 7) is 5.14. The van der Waals surface area contributed by atoms with E-state index in [0.717, 1.165) is 11.3 Å². The number of carbonyl (C=O) groups excluding carboxylic acids is 2. The molecule has 0 aliphatic heterocycles. The summed E-state index contributed by atoms with van der Waals surface area (Å²) in [5, 5.41) is 1.09. The first-order valence-corrected chi connectivity index (χ1v) is 10.3. The molecule has 3 aromatic rings. The molecule has 0 radical (unpaired) electrons. The topological polar surface area (TPSA) is 114 Å². The largest absolute Gasteiger partial charge is 0.479 e. The number of halogens is 1. The number of ether oxygens (including phenoxy) is 3. The van der Waals surface area contributed by atoms with Crippen molar-refractivity contribution < 1.29 is 23.8 Å². The van der Waals surface area contributed by atoms with Gasteiger partial charge >= 0.3 is 11.9 Å². The summed E-state index contributed by atoms with van der Waals surface area (Å²) in [6, 6.07) is 6.71. The Morgan fingerprint density at radius 2 is 2.03 bits per heavy atom. The molecule has 1 aromatic carbocycles. The summed E-state index contributed by atoms with van der Waals surface area (Å²) in [4.78, 5) is 33.9. The molecule has 0 amide bonds. The first kappa shape index (κ1) is 21.8. The van der Waals surface area contributed by atoms with Crippen molar-refractivity contribution in [3.63, 3.8) is 0 Å². The van der Waals surface area contributed by atoms with Gasteiger partial charge in [-0.1, -0.05) is 17.7 Å². The van der Waals surface area contributed by atoms with E-state index in [1.807, 2.05) is 0 Å². The molecule has 0 saturated heterocycles. The Bertz CT molecular complexity index is 1100. The number of thiophene rings is 1. The highest BCUT2D eigenvalue weighted by molar-refractivity contribution is 7.20. The normalized spacial score (nSPS) is 11.9. The average Bonchev–Trinajstić information content (AvgIpc) is 3.03. The van der Waals surface area contributed by atoms with Gasteiger partial charge in [0.05, 0.1) is 12.0 Å². The highest BCUT2D eigenvalue weighted by atomic mass is 35.5. The van der Waals surface area contributed by atoms with E-state index in [-0.39, 0.29) is 24.9 Å². The van der Waals surface area contributed by atoms with Crippen LogP contribution in [0.25, 0.3) is 10.2 Å². The SMILES string of the molecule is CCOC(=O)c1sc2nc(COC(=O)C(C)Oc3cccc(Cl)c3)nc(N)c2c1C. The van der Waals surface area contributed by atoms with Crippen LogP contribution in [0.2, 0.25) is 5.02 Å². The van der Waals surface area contributed by atoms with Crippen LogP contribution in [0.5, 0.6) is 5.75 Å². The molecular weight excluding hydrogens is 430 g/mol. The maximum absolute atomic E-state index is 12.2. The molecule has 0 aliphatic rings. The Morgan fingerprint density at radius 3 is 2.73 bits per heavy atom. The lowest BCUT2D eigenvalue weighted by Gasteiger charge is -2.14. The third kappa shape index (κ3) is 4.80. The van der Waals surface area contributed by atoms with E-state index in [2.05, 4.69) is 9.97 Å². The Morgan fingerprint density at radius 1 is 1.27 bits per heavy atom. The Balaban J connectivity index is 1.71. The first-order chi connectivity index (χ1) is 14.3. The zero-order valence-electron chi connectivity index (χ0n) is 16.6. The van der Waals surface area contributed by atoms with E-state index in [1.165, 1.54) is 0 Å². The number of anilines is 1. The Hall–Kier alpha value is -2.91. The number of aryl methyl sites for hydroxylation is 1. The molecule has 0 spiro atoms. The minimum atomic E-state index is -0.857. The molecule has 0 fully saturated rings. The van der Waals surface area contributed by atoms with Gasteiger partial charge in [-0.3, -0.25) is 0 Å². The molecule has 0 aliphatic carbocycles. The Labute approximate surface area is 181 Å². The number of nitrogens with two attached hydrogens (primary N) is 1. The van der Waals surface area contributed by atoms with Gasteiger partial charge in [0.25, 0.3) is 0 Å². The van der Waals surface area contributed by atoms with Crippen LogP contribution in [0.1, 0.15) is 34.9 Å². The molecule has 158 valence electrons. The van der Waals surface area contributed by atoms with Gasteiger partial charge < -0.3 is 19.9 Å². The summed E-state index contributed by atoms with van der Waals surface area (Å²) in [6.07, 6.45) is -0.857. The molecule has 1 atom stereocenters. The molecule has 8 nitrogen and oxygen atoms in total. The lowest BCUT2D eigenvalue weighted by atomic mass is 10.2. The van der Waals surface area contributed by atoms with Gasteiger partial charge in [0.1, 0.15) is 21.3 Å². The first-order valence-electron chi connectivity index (χ1n) is 9.11. The second-order valence-corrected chi connectivity index (χ2v) is 7.74. The van der Waals surface area contributed by atoms with Crippen LogP contribution in [-0.4, -0.2) is 34.6 Å². The lowest BCUT2D eigenvalue weighted by Crippen LogP contribution is -2.26. The third-order valence-electron chi connectivity index (χ3n) is 4.11. The van der Waals surface area contributed by atoms with Crippen LogP contribution < -0.4 is 10.5 Å². The minimum Gasteiger partial charge on any atom is -0.479 e. The van der Waals surface area contributed by atoms with Crippen molar-refractivity contribution in [2.45, 2.75) is 33.5 Å². The van der Waals surface area contributed by atoms with Crippen molar-refractivity contribution in [1.29, 1.82) is 0 Å². The van der Waals surface area contributed by atoms with Crippen molar-refractivity contribution in [1.82, 2.24) is 9.97 Å². The van der Waals surface area contributed by atoms with Gasteiger partial charge in [-0.2, -0.15) is 0 Å². The van der Waals surface area contributed by atoms with Crippen LogP contribution in [0.3, 0.4) is 0 Å². The molecule has 2 aromatic heterocycles. The average molecular weight is 450 g/mol. The van der Waals surface area contributed by atoms with Crippen molar-refractivity contribution in [3.05, 3.63) is 45.6 Å². The molecule has 3 rings (SSSR count). The second kappa shape index (κ2) is 9.27. The molecule has 0 bridgehead atoms. The van der Waals surface area contributed by atoms with Gasteiger partial charge in [0.2, 0.25) is 0 Å². The van der Waals surface area contributed by atoms with Crippen molar-refractivity contribution in [2.75, 3.05) is 12.3 Å². The number of fused-ring (bicyclic) bond motifs is 1. The van der Waals surface area contributed by atoms with Gasteiger partial charge in [-0.05, 0) is 44.5 Å². The van der Waals surface area contributed by atoms with E-state index < -0.39 is 18.0 Å². The van der Waals surface area contributed by atoms with E-state index in [9.17, 15) is 9.59 Å². The zero-order chi connectivity index (χ0) is 21.8. The predicted octanol–water partition coefficient (Wildman–Crippen LogP) is 3.92. The van der Waals surface area contributed by atoms with Crippen LogP contribution in [0.4, 0.5) is 5.82 Å². The molecule has 1 unspecified atom stereocenters. The number of hydrogen-bond donors (Lipinski definition) is 1. The van der Waals surface area contributed by atoms with Crippen LogP contribution in [-0.2, 0) is 20.9 Å². The van der Waals surface area contributed by atoms with E-state index in [1.54, 1.807) is 45.0 Å². The van der Waals surface area contributed by atoms with Crippen LogP contribution >= 0.6 is 22.9 Å². The number of rotatable bonds is 7. The summed E-state index contributed by atoms with van der Waals surface area (Å²) in [5.41, 5.74) is 6.72. The number of nitrogen functional groups attached to an aromatic ring is 1. The fourth-order valence-electron chi connectivity index (χ4n) is 2.72. The van der Waals surface area contributed by atoms with Crippen molar-refractivity contribution >= 4 is 50.9 Å². The second-order valence-electron chi connectivity index (χ2n) is 6.31. The monoisotopic (exact) mass is 449 g/mol. The molecule has 10 heteroatoms. The van der Waals surface area contributed by atoms with Gasteiger partial charge in [0.15, 0.2) is 18.5 Å². The van der Waals surface area contributed by atoms with E-state index >= 15 is 0 Å². The maximum Gasteiger partial charge on any atom is 0.348 e. The molecule has 0 saturated carbocycles. The number of esters is 2. The summed E-state index contributed by atoms with van der Waals surface area (Å²) >= 11 is 7.07. The van der Waals surface area contributed by atoms with Gasteiger partial charge in [0, 0.05) is 5.02 Å². The molecular formula is C20H20ClN3O5S. The highest BCUT2D eigenvalue weighted by Crippen LogP contribution is 2.33. The fraction of sp³-hybridized carbons (Fsp3) is 0.300. The number of carbonyl (C=O) groups is 2. The smallest absolute Gasteiger partial charge is 0.348 e. The number of nitrogens with zero attached hydrogens (tertiary/aromatic N) is 2. The van der Waals surface area contributed by atoms with E-state index in [4.69, 9.17) is 31.5 Å². The Kier molecular flexibility index (Phi) is 6.73. The standard InChI is InChI=1S/C20H20ClN3O5S/c1-4-27-20(26)16-10(2)15-17(22)23-14(24-18(15)30-16)9-28-19(25)11(3)29-13-7-5-6-12(21)8-13/h5-8,11H,4,9H2,1-3H3,(H2,22,23,24). The minimum absolute atomic E-state index is 0.187. The predicted molar refractivity (Wildman–Crippen MR) is 114 cm³/mol. The fourth-order valence-corrected chi connectivity index (χ4v) is 4.00. The molecule has 30 heavy (non-hydrogen) atoms. The summed E-state index contributed by atoms with van der Waals surface area (Å²) in [7, 11) is 0. The third-order valence-corrected chi connectivity index (χ3v) is 5.51. The summed E-state index contributed by atoms with van der Waals surface area (Å²) in [5.74, 6) is -0.142. The molecule has 2 N–H and O–H groups in total. The lowest BCUT2D eigenvalue weighted by molar-refractivity contribution is -0.152. The van der Waals surface area contributed by atoms with Gasteiger partial charge in [-0.15, -0.1) is 11.3 Å². The van der Waals surface area contributed by atoms with Crippen LogP contribution in [0, 0.1) is 6.92 Å². The number of hydrogen-bond acceptors (Lipinski definition) is 9. The zero-order valence-corrected chi connectivity index (χ0v) is 18.2.